The molecular weight excluding hydrogens is 280 g/mol. The maximum Gasteiger partial charge on any atom is 0.233 e. The molecule has 0 bridgehead atoms. The summed E-state index contributed by atoms with van der Waals surface area (Å²) in [5.41, 5.74) is 0. The second kappa shape index (κ2) is 6.39. The van der Waals surface area contributed by atoms with Gasteiger partial charge in [-0.05, 0) is 38.9 Å². The number of likely N-dealkylation sites (N-methyl/N-ethyl adjacent to an activating group) is 1. The Morgan fingerprint density at radius 1 is 1.41 bits per heavy atom. The number of nitrogens with zero attached hydrogens (tertiary/aromatic N) is 6. The summed E-state index contributed by atoms with van der Waals surface area (Å²) >= 11 is 0. The number of aromatic nitrogens is 4. The van der Waals surface area contributed by atoms with Crippen molar-refractivity contribution < 1.29 is 4.42 Å². The Balaban J connectivity index is 1.66. The van der Waals surface area contributed by atoms with Gasteiger partial charge in [0.15, 0.2) is 5.82 Å². The van der Waals surface area contributed by atoms with Crippen molar-refractivity contribution in [2.45, 2.75) is 38.8 Å². The molecule has 1 aliphatic rings. The van der Waals surface area contributed by atoms with Crippen LogP contribution in [-0.4, -0.2) is 51.5 Å². The maximum atomic E-state index is 5.54. The molecule has 0 unspecified atom stereocenters. The zero-order valence-corrected chi connectivity index (χ0v) is 13.3. The van der Waals surface area contributed by atoms with E-state index < -0.39 is 0 Å². The van der Waals surface area contributed by atoms with E-state index in [1.54, 1.807) is 6.20 Å². The molecule has 1 saturated heterocycles. The average Bonchev–Trinajstić information content (AvgIpc) is 3.16. The zero-order chi connectivity index (χ0) is 15.5. The molecule has 0 amide bonds. The standard InChI is InChI=1S/C15H22N6O/c1-11(15-19-17-12(2)22-15)20(3)10-13-6-5-9-21(13)14-7-4-8-16-18-14/h4,7-8,11,13H,5-6,9-10H2,1-3H3/t11-,13+/m0/s1. The Morgan fingerprint density at radius 3 is 2.95 bits per heavy atom. The third-order valence-electron chi connectivity index (χ3n) is 4.29. The number of anilines is 1. The normalized spacial score (nSPS) is 19.8. The smallest absolute Gasteiger partial charge is 0.233 e. The highest BCUT2D eigenvalue weighted by atomic mass is 16.4. The summed E-state index contributed by atoms with van der Waals surface area (Å²) in [6, 6.07) is 4.50. The molecule has 0 aromatic carbocycles. The van der Waals surface area contributed by atoms with Crippen LogP contribution in [0.15, 0.2) is 22.7 Å². The van der Waals surface area contributed by atoms with E-state index in [1.165, 1.54) is 6.42 Å². The monoisotopic (exact) mass is 302 g/mol. The van der Waals surface area contributed by atoms with E-state index in [0.717, 1.165) is 25.3 Å². The molecule has 0 radical (unpaired) electrons. The minimum absolute atomic E-state index is 0.102. The predicted molar refractivity (Wildman–Crippen MR) is 82.5 cm³/mol. The Morgan fingerprint density at radius 2 is 2.27 bits per heavy atom. The van der Waals surface area contributed by atoms with Crippen LogP contribution in [0.5, 0.6) is 0 Å². The molecule has 118 valence electrons. The van der Waals surface area contributed by atoms with Gasteiger partial charge in [0.25, 0.3) is 0 Å². The first-order chi connectivity index (χ1) is 10.6. The Labute approximate surface area is 130 Å². The van der Waals surface area contributed by atoms with Gasteiger partial charge < -0.3 is 9.32 Å². The molecule has 0 aliphatic carbocycles. The fraction of sp³-hybridized carbons (Fsp3) is 0.600. The highest BCUT2D eigenvalue weighted by molar-refractivity contribution is 5.39. The predicted octanol–water partition coefficient (Wildman–Crippen LogP) is 1.83. The summed E-state index contributed by atoms with van der Waals surface area (Å²) in [4.78, 5) is 4.60. The van der Waals surface area contributed by atoms with Crippen LogP contribution >= 0.6 is 0 Å². The summed E-state index contributed by atoms with van der Waals surface area (Å²) < 4.78 is 5.54. The molecule has 0 N–H and O–H groups in total. The van der Waals surface area contributed by atoms with Crippen molar-refractivity contribution in [3.63, 3.8) is 0 Å². The molecule has 22 heavy (non-hydrogen) atoms. The minimum atomic E-state index is 0.102. The van der Waals surface area contributed by atoms with Crippen molar-refractivity contribution in [2.75, 3.05) is 25.0 Å². The van der Waals surface area contributed by atoms with Crippen LogP contribution in [0.25, 0.3) is 0 Å². The highest BCUT2D eigenvalue weighted by Gasteiger charge is 2.29. The van der Waals surface area contributed by atoms with E-state index in [0.29, 0.717) is 17.8 Å². The quantitative estimate of drug-likeness (QED) is 0.834. The largest absolute Gasteiger partial charge is 0.424 e. The van der Waals surface area contributed by atoms with Crippen molar-refractivity contribution >= 4 is 5.82 Å². The number of hydrogen-bond acceptors (Lipinski definition) is 7. The van der Waals surface area contributed by atoms with Gasteiger partial charge in [-0.1, -0.05) is 0 Å². The molecule has 1 fully saturated rings. The summed E-state index contributed by atoms with van der Waals surface area (Å²) in [5.74, 6) is 2.24. The van der Waals surface area contributed by atoms with Crippen LogP contribution in [0.1, 0.15) is 37.6 Å². The molecule has 0 saturated carbocycles. The Bertz CT molecular complexity index is 601. The molecule has 2 atom stereocenters. The van der Waals surface area contributed by atoms with E-state index in [1.807, 2.05) is 19.1 Å². The third-order valence-corrected chi connectivity index (χ3v) is 4.29. The van der Waals surface area contributed by atoms with E-state index >= 15 is 0 Å². The lowest BCUT2D eigenvalue weighted by atomic mass is 10.2. The number of aryl methyl sites for hydroxylation is 1. The molecular formula is C15H22N6O. The van der Waals surface area contributed by atoms with E-state index in [4.69, 9.17) is 4.42 Å². The van der Waals surface area contributed by atoms with Gasteiger partial charge in [0.05, 0.1) is 6.04 Å². The van der Waals surface area contributed by atoms with Crippen molar-refractivity contribution in [1.82, 2.24) is 25.3 Å². The van der Waals surface area contributed by atoms with E-state index in [9.17, 15) is 0 Å². The fourth-order valence-corrected chi connectivity index (χ4v) is 2.93. The molecule has 7 nitrogen and oxygen atoms in total. The zero-order valence-electron chi connectivity index (χ0n) is 13.3. The Hall–Kier alpha value is -2.02. The lowest BCUT2D eigenvalue weighted by Gasteiger charge is -2.31. The minimum Gasteiger partial charge on any atom is -0.424 e. The molecule has 2 aromatic heterocycles. The summed E-state index contributed by atoms with van der Waals surface area (Å²) in [7, 11) is 2.09. The lowest BCUT2D eigenvalue weighted by Crippen LogP contribution is -2.40. The lowest BCUT2D eigenvalue weighted by molar-refractivity contribution is 0.210. The van der Waals surface area contributed by atoms with Gasteiger partial charge in [0.1, 0.15) is 0 Å². The van der Waals surface area contributed by atoms with Crippen molar-refractivity contribution in [2.24, 2.45) is 0 Å². The summed E-state index contributed by atoms with van der Waals surface area (Å²) in [5, 5.41) is 16.3. The summed E-state index contributed by atoms with van der Waals surface area (Å²) in [6.07, 6.45) is 4.06. The molecule has 3 rings (SSSR count). The highest BCUT2D eigenvalue weighted by Crippen LogP contribution is 2.26. The first-order valence-corrected chi connectivity index (χ1v) is 7.69. The van der Waals surface area contributed by atoms with Crippen molar-refractivity contribution in [1.29, 1.82) is 0 Å². The van der Waals surface area contributed by atoms with Crippen LogP contribution in [-0.2, 0) is 0 Å². The van der Waals surface area contributed by atoms with Gasteiger partial charge >= 0.3 is 0 Å². The fourth-order valence-electron chi connectivity index (χ4n) is 2.93. The van der Waals surface area contributed by atoms with Gasteiger partial charge in [0.2, 0.25) is 11.8 Å². The molecule has 3 heterocycles. The average molecular weight is 302 g/mol. The van der Waals surface area contributed by atoms with Crippen LogP contribution in [0, 0.1) is 6.92 Å². The molecule has 0 spiro atoms. The van der Waals surface area contributed by atoms with Crippen molar-refractivity contribution in [3.8, 4) is 0 Å². The molecule has 1 aliphatic heterocycles. The van der Waals surface area contributed by atoms with Crippen LogP contribution in [0.3, 0.4) is 0 Å². The third kappa shape index (κ3) is 3.09. The Kier molecular flexibility index (Phi) is 4.33. The van der Waals surface area contributed by atoms with Gasteiger partial charge in [0, 0.05) is 32.3 Å². The molecule has 7 heteroatoms. The van der Waals surface area contributed by atoms with Crippen LogP contribution < -0.4 is 4.90 Å². The molecule has 2 aromatic rings. The number of rotatable bonds is 5. The first-order valence-electron chi connectivity index (χ1n) is 7.69. The van der Waals surface area contributed by atoms with Crippen molar-refractivity contribution in [3.05, 3.63) is 30.1 Å². The van der Waals surface area contributed by atoms with Crippen LogP contribution in [0.2, 0.25) is 0 Å². The van der Waals surface area contributed by atoms with Gasteiger partial charge in [-0.3, -0.25) is 4.90 Å². The topological polar surface area (TPSA) is 71.2 Å². The maximum absolute atomic E-state index is 5.54. The summed E-state index contributed by atoms with van der Waals surface area (Å²) in [6.45, 7) is 5.87. The van der Waals surface area contributed by atoms with Gasteiger partial charge in [-0.15, -0.1) is 15.3 Å². The van der Waals surface area contributed by atoms with Gasteiger partial charge in [-0.25, -0.2) is 0 Å². The number of hydrogen-bond donors (Lipinski definition) is 0. The van der Waals surface area contributed by atoms with Gasteiger partial charge in [-0.2, -0.15) is 5.10 Å². The van der Waals surface area contributed by atoms with E-state index in [2.05, 4.69) is 44.2 Å². The second-order valence-corrected chi connectivity index (χ2v) is 5.85. The van der Waals surface area contributed by atoms with E-state index in [-0.39, 0.29) is 6.04 Å². The first kappa shape index (κ1) is 14.9. The second-order valence-electron chi connectivity index (χ2n) is 5.85. The van der Waals surface area contributed by atoms with Crippen LogP contribution in [0.4, 0.5) is 5.82 Å². The SMILES string of the molecule is Cc1nnc([C@H](C)N(C)C[C@H]2CCCN2c2cccnn2)o1.